The standard InChI is InChI=1S/C11H25N3/c1-4-11(2)14-9-7-13(8-10-14)6-5-12-3/h11-12H,4-10H2,1-3H3. The fraction of sp³-hybridized carbons (Fsp3) is 1.00. The highest BCUT2D eigenvalue weighted by molar-refractivity contribution is 4.75. The summed E-state index contributed by atoms with van der Waals surface area (Å²) in [6.45, 7) is 11.9. The van der Waals surface area contributed by atoms with Gasteiger partial charge in [0.2, 0.25) is 0 Å². The average molecular weight is 199 g/mol. The second-order valence-corrected chi connectivity index (χ2v) is 4.24. The molecule has 1 fully saturated rings. The lowest BCUT2D eigenvalue weighted by Crippen LogP contribution is -2.50. The molecule has 0 aromatic rings. The van der Waals surface area contributed by atoms with E-state index >= 15 is 0 Å². The molecule has 0 bridgehead atoms. The summed E-state index contributed by atoms with van der Waals surface area (Å²) >= 11 is 0. The van der Waals surface area contributed by atoms with E-state index in [1.54, 1.807) is 0 Å². The molecule has 14 heavy (non-hydrogen) atoms. The van der Waals surface area contributed by atoms with Gasteiger partial charge in [-0.3, -0.25) is 9.80 Å². The summed E-state index contributed by atoms with van der Waals surface area (Å²) in [7, 11) is 2.02. The lowest BCUT2D eigenvalue weighted by molar-refractivity contribution is 0.102. The van der Waals surface area contributed by atoms with Gasteiger partial charge in [0.1, 0.15) is 0 Å². The zero-order valence-electron chi connectivity index (χ0n) is 9.92. The van der Waals surface area contributed by atoms with Crippen LogP contribution in [-0.4, -0.2) is 62.2 Å². The lowest BCUT2D eigenvalue weighted by Gasteiger charge is -2.37. The Morgan fingerprint density at radius 2 is 1.86 bits per heavy atom. The third kappa shape index (κ3) is 3.56. The number of rotatable bonds is 5. The maximum atomic E-state index is 3.20. The molecule has 1 N–H and O–H groups in total. The molecule has 84 valence electrons. The molecule has 3 heteroatoms. The van der Waals surface area contributed by atoms with Gasteiger partial charge in [0, 0.05) is 45.3 Å². The van der Waals surface area contributed by atoms with Gasteiger partial charge in [0.05, 0.1) is 0 Å². The van der Waals surface area contributed by atoms with E-state index in [0.717, 1.165) is 12.6 Å². The zero-order valence-corrected chi connectivity index (χ0v) is 9.92. The van der Waals surface area contributed by atoms with E-state index < -0.39 is 0 Å². The van der Waals surface area contributed by atoms with Gasteiger partial charge in [-0.15, -0.1) is 0 Å². The molecule has 1 unspecified atom stereocenters. The Morgan fingerprint density at radius 1 is 1.21 bits per heavy atom. The highest BCUT2D eigenvalue weighted by Gasteiger charge is 2.19. The minimum absolute atomic E-state index is 0.765. The molecule has 0 amide bonds. The van der Waals surface area contributed by atoms with Crippen LogP contribution in [0, 0.1) is 0 Å². The van der Waals surface area contributed by atoms with Crippen LogP contribution in [0.15, 0.2) is 0 Å². The Bertz CT molecular complexity index is 141. The number of nitrogens with zero attached hydrogens (tertiary/aromatic N) is 2. The van der Waals surface area contributed by atoms with Crippen LogP contribution >= 0.6 is 0 Å². The highest BCUT2D eigenvalue weighted by Crippen LogP contribution is 2.07. The van der Waals surface area contributed by atoms with Crippen molar-refractivity contribution in [2.75, 3.05) is 46.3 Å². The minimum atomic E-state index is 0.765. The monoisotopic (exact) mass is 199 g/mol. The Balaban J connectivity index is 2.17. The number of likely N-dealkylation sites (N-methyl/N-ethyl adjacent to an activating group) is 1. The molecule has 1 saturated heterocycles. The van der Waals surface area contributed by atoms with Crippen molar-refractivity contribution in [3.05, 3.63) is 0 Å². The van der Waals surface area contributed by atoms with E-state index in [4.69, 9.17) is 0 Å². The predicted molar refractivity (Wildman–Crippen MR) is 61.7 cm³/mol. The van der Waals surface area contributed by atoms with Crippen molar-refractivity contribution >= 4 is 0 Å². The van der Waals surface area contributed by atoms with Crippen LogP contribution in [0.4, 0.5) is 0 Å². The second-order valence-electron chi connectivity index (χ2n) is 4.24. The molecule has 0 aromatic heterocycles. The van der Waals surface area contributed by atoms with E-state index in [1.807, 2.05) is 7.05 Å². The largest absolute Gasteiger partial charge is 0.318 e. The molecule has 3 nitrogen and oxygen atoms in total. The Kier molecular flexibility index (Phi) is 5.45. The van der Waals surface area contributed by atoms with Crippen molar-refractivity contribution < 1.29 is 0 Å². The maximum absolute atomic E-state index is 3.20. The topological polar surface area (TPSA) is 18.5 Å². The highest BCUT2D eigenvalue weighted by atomic mass is 15.3. The summed E-state index contributed by atoms with van der Waals surface area (Å²) < 4.78 is 0. The molecule has 1 heterocycles. The van der Waals surface area contributed by atoms with Crippen LogP contribution < -0.4 is 5.32 Å². The van der Waals surface area contributed by atoms with Crippen LogP contribution in [-0.2, 0) is 0 Å². The minimum Gasteiger partial charge on any atom is -0.318 e. The van der Waals surface area contributed by atoms with Gasteiger partial charge in [-0.25, -0.2) is 0 Å². The van der Waals surface area contributed by atoms with Crippen molar-refractivity contribution in [1.82, 2.24) is 15.1 Å². The molecule has 0 saturated carbocycles. The SMILES string of the molecule is CCC(C)N1CCN(CCNC)CC1. The van der Waals surface area contributed by atoms with E-state index in [0.29, 0.717) is 0 Å². The van der Waals surface area contributed by atoms with Crippen molar-refractivity contribution in [3.63, 3.8) is 0 Å². The smallest absolute Gasteiger partial charge is 0.0113 e. The molecule has 1 atom stereocenters. The van der Waals surface area contributed by atoms with Crippen molar-refractivity contribution in [2.24, 2.45) is 0 Å². The van der Waals surface area contributed by atoms with Gasteiger partial charge >= 0.3 is 0 Å². The molecular weight excluding hydrogens is 174 g/mol. The van der Waals surface area contributed by atoms with Crippen LogP contribution in [0.1, 0.15) is 20.3 Å². The first kappa shape index (κ1) is 12.0. The van der Waals surface area contributed by atoms with Crippen LogP contribution in [0.5, 0.6) is 0 Å². The molecule has 0 radical (unpaired) electrons. The van der Waals surface area contributed by atoms with E-state index in [2.05, 4.69) is 29.0 Å². The van der Waals surface area contributed by atoms with Crippen LogP contribution in [0.2, 0.25) is 0 Å². The first-order valence-electron chi connectivity index (χ1n) is 5.89. The van der Waals surface area contributed by atoms with Crippen molar-refractivity contribution in [3.8, 4) is 0 Å². The molecule has 0 aliphatic carbocycles. The quantitative estimate of drug-likeness (QED) is 0.700. The number of hydrogen-bond acceptors (Lipinski definition) is 3. The summed E-state index contributed by atoms with van der Waals surface area (Å²) in [5.74, 6) is 0. The molecule has 0 spiro atoms. The fourth-order valence-corrected chi connectivity index (χ4v) is 1.96. The average Bonchev–Trinajstić information content (AvgIpc) is 2.26. The summed E-state index contributed by atoms with van der Waals surface area (Å²) in [6, 6.07) is 0.765. The molecular formula is C11H25N3. The first-order chi connectivity index (χ1) is 6.77. The van der Waals surface area contributed by atoms with Crippen molar-refractivity contribution in [1.29, 1.82) is 0 Å². The van der Waals surface area contributed by atoms with Crippen LogP contribution in [0.25, 0.3) is 0 Å². The molecule has 1 aliphatic rings. The van der Waals surface area contributed by atoms with E-state index in [1.165, 1.54) is 39.1 Å². The second kappa shape index (κ2) is 6.38. The van der Waals surface area contributed by atoms with Crippen LogP contribution in [0.3, 0.4) is 0 Å². The summed E-state index contributed by atoms with van der Waals surface area (Å²) in [6.07, 6.45) is 1.27. The van der Waals surface area contributed by atoms with Gasteiger partial charge < -0.3 is 5.32 Å². The Morgan fingerprint density at radius 3 is 2.36 bits per heavy atom. The number of hydrogen-bond donors (Lipinski definition) is 1. The molecule has 0 aromatic carbocycles. The van der Waals surface area contributed by atoms with Crippen molar-refractivity contribution in [2.45, 2.75) is 26.3 Å². The Labute approximate surface area is 88.5 Å². The maximum Gasteiger partial charge on any atom is 0.0113 e. The van der Waals surface area contributed by atoms with Gasteiger partial charge in [0.25, 0.3) is 0 Å². The summed E-state index contributed by atoms with van der Waals surface area (Å²) in [4.78, 5) is 5.16. The number of piperazine rings is 1. The zero-order chi connectivity index (χ0) is 10.4. The molecule has 1 rings (SSSR count). The third-order valence-corrected chi connectivity index (χ3v) is 3.30. The Hall–Kier alpha value is -0.120. The summed E-state index contributed by atoms with van der Waals surface area (Å²) in [5, 5.41) is 3.20. The van der Waals surface area contributed by atoms with E-state index in [-0.39, 0.29) is 0 Å². The van der Waals surface area contributed by atoms with Gasteiger partial charge in [-0.1, -0.05) is 6.92 Å². The van der Waals surface area contributed by atoms with E-state index in [9.17, 15) is 0 Å². The van der Waals surface area contributed by atoms with Gasteiger partial charge in [-0.2, -0.15) is 0 Å². The fourth-order valence-electron chi connectivity index (χ4n) is 1.96. The third-order valence-electron chi connectivity index (χ3n) is 3.30. The first-order valence-corrected chi connectivity index (χ1v) is 5.89. The summed E-state index contributed by atoms with van der Waals surface area (Å²) in [5.41, 5.74) is 0. The van der Waals surface area contributed by atoms with Gasteiger partial charge in [-0.05, 0) is 20.4 Å². The van der Waals surface area contributed by atoms with Gasteiger partial charge in [0.15, 0.2) is 0 Å². The predicted octanol–water partition coefficient (Wildman–Crippen LogP) is 0.622. The lowest BCUT2D eigenvalue weighted by atomic mass is 10.2. The normalized spacial score (nSPS) is 22.5. The molecule has 1 aliphatic heterocycles. The number of nitrogens with one attached hydrogen (secondary N) is 1.